The second kappa shape index (κ2) is 6.34. The van der Waals surface area contributed by atoms with Gasteiger partial charge in [-0.3, -0.25) is 10.1 Å². The van der Waals surface area contributed by atoms with Crippen LogP contribution in [0.4, 0.5) is 5.69 Å². The minimum absolute atomic E-state index is 0.0170. The summed E-state index contributed by atoms with van der Waals surface area (Å²) in [5.41, 5.74) is 0.0170. The molecule has 0 saturated carbocycles. The number of non-ortho nitro benzene ring substituents is 1. The van der Waals surface area contributed by atoms with E-state index in [1.54, 1.807) is 6.07 Å². The summed E-state index contributed by atoms with van der Waals surface area (Å²) in [6.07, 6.45) is 0.685. The van der Waals surface area contributed by atoms with Crippen LogP contribution in [0, 0.1) is 10.1 Å². The van der Waals surface area contributed by atoms with Crippen molar-refractivity contribution in [3.05, 3.63) is 28.3 Å². The molecular formula is C10H13NO4S. The monoisotopic (exact) mass is 243 g/mol. The molecule has 0 atom stereocenters. The molecule has 5 nitrogen and oxygen atoms in total. The van der Waals surface area contributed by atoms with Crippen LogP contribution in [0.25, 0.3) is 0 Å². The van der Waals surface area contributed by atoms with E-state index >= 15 is 0 Å². The first-order valence-electron chi connectivity index (χ1n) is 4.75. The second-order valence-electron chi connectivity index (χ2n) is 3.02. The maximum atomic E-state index is 10.6. The zero-order valence-corrected chi connectivity index (χ0v) is 9.70. The first-order chi connectivity index (χ1) is 7.69. The van der Waals surface area contributed by atoms with Crippen LogP contribution in [0.3, 0.4) is 0 Å². The Morgan fingerprint density at radius 1 is 1.56 bits per heavy atom. The number of nitrogens with zero attached hydrogens (tertiary/aromatic N) is 1. The molecular weight excluding hydrogens is 230 g/mol. The van der Waals surface area contributed by atoms with Crippen molar-refractivity contribution in [2.24, 2.45) is 0 Å². The van der Waals surface area contributed by atoms with Crippen LogP contribution in [0.2, 0.25) is 0 Å². The number of nitro groups is 1. The lowest BCUT2D eigenvalue weighted by molar-refractivity contribution is -0.385. The number of ether oxygens (including phenoxy) is 1. The van der Waals surface area contributed by atoms with Crippen molar-refractivity contribution in [1.82, 2.24) is 0 Å². The Kier molecular flexibility index (Phi) is 5.07. The molecule has 0 fully saturated rings. The van der Waals surface area contributed by atoms with Gasteiger partial charge in [0.15, 0.2) is 0 Å². The summed E-state index contributed by atoms with van der Waals surface area (Å²) in [4.78, 5) is 10.9. The molecule has 0 aliphatic heterocycles. The van der Waals surface area contributed by atoms with Gasteiger partial charge in [0, 0.05) is 23.3 Å². The summed E-state index contributed by atoms with van der Waals surface area (Å²) in [7, 11) is 1.48. The number of methoxy groups -OCH3 is 1. The number of hydrogen-bond acceptors (Lipinski definition) is 5. The molecule has 1 aromatic rings. The van der Waals surface area contributed by atoms with Crippen molar-refractivity contribution in [2.75, 3.05) is 19.5 Å². The van der Waals surface area contributed by atoms with Crippen LogP contribution in [0.5, 0.6) is 5.75 Å². The van der Waals surface area contributed by atoms with Gasteiger partial charge < -0.3 is 9.84 Å². The molecule has 88 valence electrons. The summed E-state index contributed by atoms with van der Waals surface area (Å²) in [5.74, 6) is 1.25. The van der Waals surface area contributed by atoms with Crippen molar-refractivity contribution in [2.45, 2.75) is 11.3 Å². The highest BCUT2D eigenvalue weighted by molar-refractivity contribution is 7.99. The fourth-order valence-corrected chi connectivity index (χ4v) is 2.08. The van der Waals surface area contributed by atoms with Crippen molar-refractivity contribution in [3.63, 3.8) is 0 Å². The first-order valence-corrected chi connectivity index (χ1v) is 5.73. The van der Waals surface area contributed by atoms with E-state index in [1.807, 2.05) is 0 Å². The van der Waals surface area contributed by atoms with Gasteiger partial charge in [-0.1, -0.05) is 0 Å². The third kappa shape index (κ3) is 3.39. The Morgan fingerprint density at radius 3 is 2.88 bits per heavy atom. The fraction of sp³-hybridized carbons (Fsp3) is 0.400. The number of benzene rings is 1. The SMILES string of the molecule is COc1cc([N+](=O)[O-])ccc1SCCCO. The minimum Gasteiger partial charge on any atom is -0.495 e. The van der Waals surface area contributed by atoms with E-state index in [0.29, 0.717) is 12.2 Å². The number of aliphatic hydroxyl groups excluding tert-OH is 1. The summed E-state index contributed by atoms with van der Waals surface area (Å²) < 4.78 is 5.08. The third-order valence-electron chi connectivity index (χ3n) is 1.92. The number of aliphatic hydroxyl groups is 1. The van der Waals surface area contributed by atoms with E-state index in [0.717, 1.165) is 10.6 Å². The largest absolute Gasteiger partial charge is 0.495 e. The summed E-state index contributed by atoms with van der Waals surface area (Å²) in [6.45, 7) is 0.141. The summed E-state index contributed by atoms with van der Waals surface area (Å²) >= 11 is 1.51. The third-order valence-corrected chi connectivity index (χ3v) is 3.06. The highest BCUT2D eigenvalue weighted by Crippen LogP contribution is 2.32. The Morgan fingerprint density at radius 2 is 2.31 bits per heavy atom. The predicted octanol–water partition coefficient (Wildman–Crippen LogP) is 2.08. The lowest BCUT2D eigenvalue weighted by atomic mass is 10.3. The molecule has 16 heavy (non-hydrogen) atoms. The molecule has 0 aliphatic carbocycles. The second-order valence-corrected chi connectivity index (χ2v) is 4.15. The van der Waals surface area contributed by atoms with Crippen LogP contribution in [0.15, 0.2) is 23.1 Å². The predicted molar refractivity (Wildman–Crippen MR) is 62.1 cm³/mol. The molecule has 0 heterocycles. The number of hydrogen-bond donors (Lipinski definition) is 1. The van der Waals surface area contributed by atoms with Crippen molar-refractivity contribution >= 4 is 17.4 Å². The van der Waals surface area contributed by atoms with Gasteiger partial charge >= 0.3 is 0 Å². The molecule has 1 N–H and O–H groups in total. The maximum absolute atomic E-state index is 10.6. The number of nitro benzene ring substituents is 1. The van der Waals surface area contributed by atoms with Gasteiger partial charge in [-0.05, 0) is 12.5 Å². The van der Waals surface area contributed by atoms with Crippen molar-refractivity contribution in [3.8, 4) is 5.75 Å². The van der Waals surface area contributed by atoms with E-state index in [1.165, 1.54) is 31.0 Å². The Bertz CT molecular complexity index is 370. The minimum atomic E-state index is -0.454. The average molecular weight is 243 g/mol. The zero-order valence-electron chi connectivity index (χ0n) is 8.88. The molecule has 0 radical (unpaired) electrons. The van der Waals surface area contributed by atoms with Crippen LogP contribution in [-0.2, 0) is 0 Å². The fourth-order valence-electron chi connectivity index (χ4n) is 1.14. The highest BCUT2D eigenvalue weighted by atomic mass is 32.2. The Labute approximate surface area is 97.6 Å². The van der Waals surface area contributed by atoms with Gasteiger partial charge in [0.1, 0.15) is 5.75 Å². The Balaban J connectivity index is 2.80. The van der Waals surface area contributed by atoms with Gasteiger partial charge in [0.05, 0.1) is 18.1 Å². The molecule has 6 heteroatoms. The number of thioether (sulfide) groups is 1. The zero-order chi connectivity index (χ0) is 12.0. The molecule has 0 saturated heterocycles. The van der Waals surface area contributed by atoms with E-state index in [2.05, 4.69) is 0 Å². The van der Waals surface area contributed by atoms with E-state index in [-0.39, 0.29) is 12.3 Å². The maximum Gasteiger partial charge on any atom is 0.273 e. The lowest BCUT2D eigenvalue weighted by Gasteiger charge is -2.07. The van der Waals surface area contributed by atoms with Crippen LogP contribution in [-0.4, -0.2) is 29.5 Å². The van der Waals surface area contributed by atoms with Crippen molar-refractivity contribution < 1.29 is 14.8 Å². The van der Waals surface area contributed by atoms with E-state index < -0.39 is 4.92 Å². The van der Waals surface area contributed by atoms with Crippen LogP contribution >= 0.6 is 11.8 Å². The smallest absolute Gasteiger partial charge is 0.273 e. The van der Waals surface area contributed by atoms with Crippen LogP contribution < -0.4 is 4.74 Å². The highest BCUT2D eigenvalue weighted by Gasteiger charge is 2.11. The standard InChI is InChI=1S/C10H13NO4S/c1-15-9-7-8(11(13)14)3-4-10(9)16-6-2-5-12/h3-4,7,12H,2,5-6H2,1H3. The topological polar surface area (TPSA) is 72.6 Å². The molecule has 1 rings (SSSR count). The molecule has 0 spiro atoms. The summed E-state index contributed by atoms with van der Waals surface area (Å²) in [5, 5.41) is 19.2. The van der Waals surface area contributed by atoms with Gasteiger partial charge in [-0.25, -0.2) is 0 Å². The van der Waals surface area contributed by atoms with Crippen LogP contribution in [0.1, 0.15) is 6.42 Å². The molecule has 0 aromatic heterocycles. The number of rotatable bonds is 6. The van der Waals surface area contributed by atoms with Crippen molar-refractivity contribution in [1.29, 1.82) is 0 Å². The molecule has 1 aromatic carbocycles. The molecule has 0 amide bonds. The first kappa shape index (κ1) is 12.8. The normalized spacial score (nSPS) is 10.1. The van der Waals surface area contributed by atoms with Gasteiger partial charge in [-0.2, -0.15) is 0 Å². The molecule has 0 unspecified atom stereocenters. The van der Waals surface area contributed by atoms with Gasteiger partial charge in [-0.15, -0.1) is 11.8 Å². The van der Waals surface area contributed by atoms with E-state index in [4.69, 9.17) is 9.84 Å². The quantitative estimate of drug-likeness (QED) is 0.358. The van der Waals surface area contributed by atoms with Gasteiger partial charge in [0.2, 0.25) is 0 Å². The lowest BCUT2D eigenvalue weighted by Crippen LogP contribution is -1.92. The Hall–Kier alpha value is -1.27. The summed E-state index contributed by atoms with van der Waals surface area (Å²) in [6, 6.07) is 4.52. The molecule has 0 bridgehead atoms. The van der Waals surface area contributed by atoms with E-state index in [9.17, 15) is 10.1 Å². The average Bonchev–Trinajstić information content (AvgIpc) is 2.29. The van der Waals surface area contributed by atoms with Gasteiger partial charge in [0.25, 0.3) is 5.69 Å². The molecule has 0 aliphatic rings.